The van der Waals surface area contributed by atoms with Gasteiger partial charge in [0.2, 0.25) is 11.6 Å². The molecule has 1 aliphatic heterocycles. The van der Waals surface area contributed by atoms with Crippen molar-refractivity contribution in [1.82, 2.24) is 9.97 Å². The summed E-state index contributed by atoms with van der Waals surface area (Å²) in [5.41, 5.74) is 0.625. The molecule has 0 amide bonds. The second kappa shape index (κ2) is 8.46. The molecule has 2 aromatic rings. The summed E-state index contributed by atoms with van der Waals surface area (Å²) in [7, 11) is 0. The summed E-state index contributed by atoms with van der Waals surface area (Å²) >= 11 is 0. The second-order valence-corrected chi connectivity index (χ2v) is 6.14. The Labute approximate surface area is 152 Å². The molecule has 3 rings (SSSR count). The Bertz CT molecular complexity index is 743. The molecule has 1 fully saturated rings. The first-order chi connectivity index (χ1) is 12.7. The number of hydrogen-bond donors (Lipinski definition) is 1. The molecular weight excluding hydrogens is 334 g/mol. The van der Waals surface area contributed by atoms with Gasteiger partial charge in [-0.15, -0.1) is 0 Å². The standard InChI is InChI=1S/C18H23N5O3/c1-2-26-15-9-7-14(8-10-15)21-17-16(23(24)25)18(20-13-19-17)22-11-5-3-4-6-12-22/h7-10,13H,2-6,11-12H2,1H3,(H,19,20,21). The fourth-order valence-electron chi connectivity index (χ4n) is 3.08. The highest BCUT2D eigenvalue weighted by atomic mass is 16.6. The summed E-state index contributed by atoms with van der Waals surface area (Å²) in [5.74, 6) is 1.34. The Balaban J connectivity index is 1.88. The number of rotatable bonds is 6. The van der Waals surface area contributed by atoms with E-state index in [9.17, 15) is 10.1 Å². The lowest BCUT2D eigenvalue weighted by Crippen LogP contribution is -2.26. The zero-order valence-electron chi connectivity index (χ0n) is 14.9. The number of aromatic nitrogens is 2. The van der Waals surface area contributed by atoms with Gasteiger partial charge in [0.1, 0.15) is 12.1 Å². The summed E-state index contributed by atoms with van der Waals surface area (Å²) in [5, 5.41) is 14.8. The van der Waals surface area contributed by atoms with Gasteiger partial charge in [0.25, 0.3) is 0 Å². The molecule has 0 spiro atoms. The highest BCUT2D eigenvalue weighted by Crippen LogP contribution is 2.34. The van der Waals surface area contributed by atoms with Gasteiger partial charge in [-0.2, -0.15) is 0 Å². The number of nitrogens with zero attached hydrogens (tertiary/aromatic N) is 4. The maximum Gasteiger partial charge on any atom is 0.353 e. The maximum atomic E-state index is 11.7. The van der Waals surface area contributed by atoms with Gasteiger partial charge in [0.05, 0.1) is 11.5 Å². The van der Waals surface area contributed by atoms with Gasteiger partial charge in [0.15, 0.2) is 0 Å². The molecular formula is C18H23N5O3. The van der Waals surface area contributed by atoms with Crippen LogP contribution in [0.4, 0.5) is 23.0 Å². The lowest BCUT2D eigenvalue weighted by Gasteiger charge is -2.21. The minimum Gasteiger partial charge on any atom is -0.494 e. The molecule has 0 atom stereocenters. The van der Waals surface area contributed by atoms with Crippen LogP contribution in [0.15, 0.2) is 30.6 Å². The molecule has 1 aromatic carbocycles. The predicted molar refractivity (Wildman–Crippen MR) is 100 cm³/mol. The highest BCUT2D eigenvalue weighted by Gasteiger charge is 2.27. The number of ether oxygens (including phenoxy) is 1. The monoisotopic (exact) mass is 357 g/mol. The lowest BCUT2D eigenvalue weighted by molar-refractivity contribution is -0.383. The van der Waals surface area contributed by atoms with Crippen molar-refractivity contribution in [3.05, 3.63) is 40.7 Å². The Morgan fingerprint density at radius 3 is 2.46 bits per heavy atom. The Kier molecular flexibility index (Phi) is 5.83. The van der Waals surface area contributed by atoms with Crippen LogP contribution in [0.3, 0.4) is 0 Å². The summed E-state index contributed by atoms with van der Waals surface area (Å²) < 4.78 is 5.41. The van der Waals surface area contributed by atoms with Gasteiger partial charge < -0.3 is 15.0 Å². The molecule has 1 aromatic heterocycles. The molecule has 0 saturated carbocycles. The highest BCUT2D eigenvalue weighted by molar-refractivity contribution is 5.74. The second-order valence-electron chi connectivity index (χ2n) is 6.14. The van der Waals surface area contributed by atoms with Crippen LogP contribution >= 0.6 is 0 Å². The van der Waals surface area contributed by atoms with E-state index in [-0.39, 0.29) is 11.5 Å². The summed E-state index contributed by atoms with van der Waals surface area (Å²) in [6, 6.07) is 7.24. The number of nitro groups is 1. The largest absolute Gasteiger partial charge is 0.494 e. The molecule has 0 unspecified atom stereocenters. The van der Waals surface area contributed by atoms with Crippen LogP contribution < -0.4 is 15.0 Å². The average molecular weight is 357 g/mol. The normalized spacial score (nSPS) is 14.6. The summed E-state index contributed by atoms with van der Waals surface area (Å²) in [6.45, 7) is 4.06. The van der Waals surface area contributed by atoms with Crippen molar-refractivity contribution in [2.24, 2.45) is 0 Å². The van der Waals surface area contributed by atoms with Crippen molar-refractivity contribution < 1.29 is 9.66 Å². The van der Waals surface area contributed by atoms with E-state index >= 15 is 0 Å². The van der Waals surface area contributed by atoms with Crippen LogP contribution in [0, 0.1) is 10.1 Å². The van der Waals surface area contributed by atoms with Crippen LogP contribution in [-0.2, 0) is 0 Å². The van der Waals surface area contributed by atoms with E-state index in [1.54, 1.807) is 0 Å². The third kappa shape index (κ3) is 4.19. The fraction of sp³-hybridized carbons (Fsp3) is 0.444. The Hall–Kier alpha value is -2.90. The maximum absolute atomic E-state index is 11.7. The van der Waals surface area contributed by atoms with Crippen molar-refractivity contribution in [2.75, 3.05) is 29.9 Å². The molecule has 8 heteroatoms. The van der Waals surface area contributed by atoms with Crippen LogP contribution in [0.1, 0.15) is 32.6 Å². The molecule has 2 heterocycles. The van der Waals surface area contributed by atoms with E-state index < -0.39 is 4.92 Å². The lowest BCUT2D eigenvalue weighted by atomic mass is 10.2. The van der Waals surface area contributed by atoms with Crippen LogP contribution in [0.2, 0.25) is 0 Å². The van der Waals surface area contributed by atoms with Crippen molar-refractivity contribution >= 4 is 23.0 Å². The zero-order chi connectivity index (χ0) is 18.4. The third-order valence-corrected chi connectivity index (χ3v) is 4.32. The van der Waals surface area contributed by atoms with Crippen molar-refractivity contribution in [2.45, 2.75) is 32.6 Å². The molecule has 8 nitrogen and oxygen atoms in total. The minimum atomic E-state index is -0.406. The van der Waals surface area contributed by atoms with E-state index in [1.165, 1.54) is 6.33 Å². The zero-order valence-corrected chi connectivity index (χ0v) is 14.9. The van der Waals surface area contributed by atoms with Gasteiger partial charge in [-0.25, -0.2) is 9.97 Å². The van der Waals surface area contributed by atoms with E-state index in [4.69, 9.17) is 4.74 Å². The molecule has 1 saturated heterocycles. The number of anilines is 3. The number of hydrogen-bond acceptors (Lipinski definition) is 7. The molecule has 0 aliphatic carbocycles. The Morgan fingerprint density at radius 1 is 1.15 bits per heavy atom. The van der Waals surface area contributed by atoms with Gasteiger partial charge in [-0.3, -0.25) is 10.1 Å². The van der Waals surface area contributed by atoms with E-state index in [2.05, 4.69) is 15.3 Å². The first-order valence-electron chi connectivity index (χ1n) is 8.93. The first-order valence-corrected chi connectivity index (χ1v) is 8.93. The van der Waals surface area contributed by atoms with Gasteiger partial charge in [-0.05, 0) is 44.0 Å². The van der Waals surface area contributed by atoms with Crippen LogP contribution in [0.5, 0.6) is 5.75 Å². The topological polar surface area (TPSA) is 93.4 Å². The molecule has 1 aliphatic rings. The quantitative estimate of drug-likeness (QED) is 0.619. The SMILES string of the molecule is CCOc1ccc(Nc2ncnc(N3CCCCCC3)c2[N+](=O)[O-])cc1. The van der Waals surface area contributed by atoms with Crippen molar-refractivity contribution in [1.29, 1.82) is 0 Å². The van der Waals surface area contributed by atoms with Crippen LogP contribution in [-0.4, -0.2) is 34.6 Å². The number of nitrogens with one attached hydrogen (secondary N) is 1. The van der Waals surface area contributed by atoms with Gasteiger partial charge in [0, 0.05) is 18.8 Å². The molecule has 0 bridgehead atoms. The third-order valence-electron chi connectivity index (χ3n) is 4.32. The van der Waals surface area contributed by atoms with Crippen molar-refractivity contribution in [3.63, 3.8) is 0 Å². The molecule has 0 radical (unpaired) electrons. The van der Waals surface area contributed by atoms with Gasteiger partial charge >= 0.3 is 5.69 Å². The number of benzene rings is 1. The average Bonchev–Trinajstić information content (AvgIpc) is 2.92. The summed E-state index contributed by atoms with van der Waals surface area (Å²) in [4.78, 5) is 21.7. The Morgan fingerprint density at radius 2 is 1.85 bits per heavy atom. The molecule has 26 heavy (non-hydrogen) atoms. The predicted octanol–water partition coefficient (Wildman–Crippen LogP) is 3.91. The van der Waals surface area contributed by atoms with Crippen LogP contribution in [0.25, 0.3) is 0 Å². The van der Waals surface area contributed by atoms with E-state index in [0.717, 1.165) is 44.5 Å². The first kappa shape index (κ1) is 17.9. The molecule has 1 N–H and O–H groups in total. The van der Waals surface area contributed by atoms with Crippen molar-refractivity contribution in [3.8, 4) is 5.75 Å². The minimum absolute atomic E-state index is 0.0803. The summed E-state index contributed by atoms with van der Waals surface area (Å²) in [6.07, 6.45) is 5.70. The molecule has 138 valence electrons. The smallest absolute Gasteiger partial charge is 0.353 e. The van der Waals surface area contributed by atoms with E-state index in [0.29, 0.717) is 18.1 Å². The van der Waals surface area contributed by atoms with E-state index in [1.807, 2.05) is 36.1 Å². The fourth-order valence-corrected chi connectivity index (χ4v) is 3.08. The van der Waals surface area contributed by atoms with Gasteiger partial charge in [-0.1, -0.05) is 12.8 Å².